The molecule has 0 spiro atoms. The molecule has 24 heavy (non-hydrogen) atoms. The number of aliphatic imine (C=N–C) groups is 1. The number of rotatable bonds is 3. The van der Waals surface area contributed by atoms with Crippen LogP contribution in [0.1, 0.15) is 29.8 Å². The Balaban J connectivity index is 1.46. The van der Waals surface area contributed by atoms with Crippen molar-refractivity contribution in [3.8, 4) is 0 Å². The van der Waals surface area contributed by atoms with Gasteiger partial charge >= 0.3 is 0 Å². The van der Waals surface area contributed by atoms with Crippen molar-refractivity contribution in [3.63, 3.8) is 0 Å². The van der Waals surface area contributed by atoms with Crippen LogP contribution in [0.5, 0.6) is 0 Å². The number of nitrogens with zero attached hydrogens (tertiary/aromatic N) is 3. The first-order chi connectivity index (χ1) is 11.8. The molecular formula is C17H26N4O3. The van der Waals surface area contributed by atoms with Crippen LogP contribution in [0, 0.1) is 0 Å². The Kier molecular flexibility index (Phi) is 5.74. The molecule has 1 atom stereocenters. The number of nitrogens with one attached hydrogen (secondary N) is 1. The molecule has 0 bridgehead atoms. The number of ether oxygens (including phenoxy) is 1. The summed E-state index contributed by atoms with van der Waals surface area (Å²) in [5.41, 5.74) is 0. The lowest BCUT2D eigenvalue weighted by atomic mass is 10.1. The number of piperazine rings is 1. The van der Waals surface area contributed by atoms with E-state index < -0.39 is 0 Å². The molecule has 1 amide bonds. The summed E-state index contributed by atoms with van der Waals surface area (Å²) in [5, 5.41) is 3.41. The molecule has 1 aromatic rings. The normalized spacial score (nSPS) is 22.5. The molecule has 0 aromatic carbocycles. The highest BCUT2D eigenvalue weighted by molar-refractivity contribution is 5.91. The van der Waals surface area contributed by atoms with Gasteiger partial charge in [0.05, 0.1) is 12.4 Å². The first kappa shape index (κ1) is 16.8. The maximum absolute atomic E-state index is 12.3. The summed E-state index contributed by atoms with van der Waals surface area (Å²) in [6.07, 6.45) is 5.31. The van der Waals surface area contributed by atoms with Crippen LogP contribution in [-0.2, 0) is 4.74 Å². The van der Waals surface area contributed by atoms with Gasteiger partial charge in [0.25, 0.3) is 5.91 Å². The Morgan fingerprint density at radius 2 is 2.08 bits per heavy atom. The summed E-state index contributed by atoms with van der Waals surface area (Å²) in [7, 11) is 1.80. The first-order valence-corrected chi connectivity index (χ1v) is 8.68. The summed E-state index contributed by atoms with van der Waals surface area (Å²) in [6, 6.07) is 3.45. The molecule has 3 rings (SSSR count). The van der Waals surface area contributed by atoms with Gasteiger partial charge in [0.15, 0.2) is 11.7 Å². The van der Waals surface area contributed by atoms with Gasteiger partial charge < -0.3 is 24.3 Å². The lowest BCUT2D eigenvalue weighted by molar-refractivity contribution is 0.0189. The van der Waals surface area contributed by atoms with Crippen LogP contribution >= 0.6 is 0 Å². The number of guanidine groups is 1. The molecule has 2 fully saturated rings. The SMILES string of the molecule is CN=C(NCC1CCCCO1)N1CCN(C(=O)c2ccco2)CC1. The molecule has 0 aliphatic carbocycles. The number of hydrogen-bond acceptors (Lipinski definition) is 4. The molecule has 2 aliphatic rings. The van der Waals surface area contributed by atoms with Gasteiger partial charge in [-0.05, 0) is 31.4 Å². The smallest absolute Gasteiger partial charge is 0.289 e. The number of carbonyl (C=O) groups is 1. The van der Waals surface area contributed by atoms with E-state index >= 15 is 0 Å². The Hall–Kier alpha value is -2.02. The minimum atomic E-state index is -0.0433. The van der Waals surface area contributed by atoms with E-state index in [4.69, 9.17) is 9.15 Å². The van der Waals surface area contributed by atoms with Crippen LogP contribution in [0.15, 0.2) is 27.8 Å². The second kappa shape index (κ2) is 8.19. The summed E-state index contributed by atoms with van der Waals surface area (Å²) in [4.78, 5) is 20.7. The van der Waals surface area contributed by atoms with Crippen molar-refractivity contribution in [2.75, 3.05) is 46.4 Å². The third-order valence-electron chi connectivity index (χ3n) is 4.57. The van der Waals surface area contributed by atoms with E-state index in [1.54, 1.807) is 19.2 Å². The molecule has 2 saturated heterocycles. The lowest BCUT2D eigenvalue weighted by Gasteiger charge is -2.36. The van der Waals surface area contributed by atoms with Crippen molar-refractivity contribution < 1.29 is 13.9 Å². The second-order valence-corrected chi connectivity index (χ2v) is 6.17. The van der Waals surface area contributed by atoms with Gasteiger partial charge in [-0.3, -0.25) is 9.79 Å². The zero-order valence-corrected chi connectivity index (χ0v) is 14.2. The lowest BCUT2D eigenvalue weighted by Crippen LogP contribution is -2.54. The summed E-state index contributed by atoms with van der Waals surface area (Å²) >= 11 is 0. The van der Waals surface area contributed by atoms with Crippen LogP contribution in [0.2, 0.25) is 0 Å². The highest BCUT2D eigenvalue weighted by atomic mass is 16.5. The molecule has 3 heterocycles. The Bertz CT molecular complexity index is 544. The van der Waals surface area contributed by atoms with E-state index in [2.05, 4.69) is 15.2 Å². The average molecular weight is 334 g/mol. The topological polar surface area (TPSA) is 70.3 Å². The summed E-state index contributed by atoms with van der Waals surface area (Å²) in [6.45, 7) is 4.51. The zero-order chi connectivity index (χ0) is 16.8. The second-order valence-electron chi connectivity index (χ2n) is 6.17. The molecular weight excluding hydrogens is 308 g/mol. The summed E-state index contributed by atoms with van der Waals surface area (Å²) in [5.74, 6) is 1.24. The van der Waals surface area contributed by atoms with Crippen LogP contribution < -0.4 is 5.32 Å². The fourth-order valence-electron chi connectivity index (χ4n) is 3.18. The fourth-order valence-corrected chi connectivity index (χ4v) is 3.18. The number of carbonyl (C=O) groups excluding carboxylic acids is 1. The van der Waals surface area contributed by atoms with Crippen LogP contribution in [0.25, 0.3) is 0 Å². The van der Waals surface area contributed by atoms with Crippen molar-refractivity contribution >= 4 is 11.9 Å². The predicted octanol–water partition coefficient (Wildman–Crippen LogP) is 1.18. The maximum atomic E-state index is 12.3. The van der Waals surface area contributed by atoms with E-state index in [1.165, 1.54) is 12.7 Å². The highest BCUT2D eigenvalue weighted by Gasteiger charge is 2.25. The van der Waals surface area contributed by atoms with Crippen LogP contribution in [-0.4, -0.2) is 74.1 Å². The van der Waals surface area contributed by atoms with E-state index in [0.717, 1.165) is 45.0 Å². The standard InChI is InChI=1S/C17H26N4O3/c1-18-17(19-13-14-5-2-3-11-23-14)21-9-7-20(8-10-21)16(22)15-6-4-12-24-15/h4,6,12,14H,2-3,5,7-11,13H2,1H3,(H,18,19). The van der Waals surface area contributed by atoms with Gasteiger partial charge in [-0.2, -0.15) is 0 Å². The van der Waals surface area contributed by atoms with Crippen molar-refractivity contribution in [2.45, 2.75) is 25.4 Å². The minimum absolute atomic E-state index is 0.0433. The first-order valence-electron chi connectivity index (χ1n) is 8.68. The monoisotopic (exact) mass is 334 g/mol. The van der Waals surface area contributed by atoms with Gasteiger partial charge in [0.2, 0.25) is 0 Å². The van der Waals surface area contributed by atoms with Crippen molar-refractivity contribution in [1.29, 1.82) is 0 Å². The molecule has 132 valence electrons. The molecule has 1 N–H and O–H groups in total. The highest BCUT2D eigenvalue weighted by Crippen LogP contribution is 2.12. The van der Waals surface area contributed by atoms with E-state index in [0.29, 0.717) is 18.8 Å². The number of hydrogen-bond donors (Lipinski definition) is 1. The zero-order valence-electron chi connectivity index (χ0n) is 14.2. The van der Waals surface area contributed by atoms with Gasteiger partial charge in [0.1, 0.15) is 0 Å². The van der Waals surface area contributed by atoms with Gasteiger partial charge in [-0.1, -0.05) is 0 Å². The molecule has 2 aliphatic heterocycles. The quantitative estimate of drug-likeness (QED) is 0.664. The maximum Gasteiger partial charge on any atom is 0.289 e. The van der Waals surface area contributed by atoms with E-state index in [1.807, 2.05) is 4.90 Å². The van der Waals surface area contributed by atoms with Crippen molar-refractivity contribution in [1.82, 2.24) is 15.1 Å². The Morgan fingerprint density at radius 1 is 1.29 bits per heavy atom. The third-order valence-corrected chi connectivity index (χ3v) is 4.57. The number of furan rings is 1. The van der Waals surface area contributed by atoms with Gasteiger partial charge in [-0.25, -0.2) is 0 Å². The molecule has 7 heteroatoms. The summed E-state index contributed by atoms with van der Waals surface area (Å²) < 4.78 is 10.9. The number of amides is 1. The fraction of sp³-hybridized carbons (Fsp3) is 0.647. The molecule has 1 unspecified atom stereocenters. The van der Waals surface area contributed by atoms with E-state index in [9.17, 15) is 4.79 Å². The average Bonchev–Trinajstić information content (AvgIpc) is 3.18. The predicted molar refractivity (Wildman–Crippen MR) is 91.1 cm³/mol. The van der Waals surface area contributed by atoms with Crippen LogP contribution in [0.4, 0.5) is 0 Å². The van der Waals surface area contributed by atoms with Crippen molar-refractivity contribution in [3.05, 3.63) is 24.2 Å². The molecule has 7 nitrogen and oxygen atoms in total. The Labute approximate surface area is 142 Å². The molecule has 0 radical (unpaired) electrons. The third kappa shape index (κ3) is 4.08. The van der Waals surface area contributed by atoms with Crippen LogP contribution in [0.3, 0.4) is 0 Å². The molecule has 0 saturated carbocycles. The van der Waals surface area contributed by atoms with Crippen molar-refractivity contribution in [2.24, 2.45) is 4.99 Å². The largest absolute Gasteiger partial charge is 0.459 e. The minimum Gasteiger partial charge on any atom is -0.459 e. The molecule has 1 aromatic heterocycles. The van der Waals surface area contributed by atoms with Gasteiger partial charge in [0, 0.05) is 46.4 Å². The van der Waals surface area contributed by atoms with E-state index in [-0.39, 0.29) is 12.0 Å². The Morgan fingerprint density at radius 3 is 2.71 bits per heavy atom. The van der Waals surface area contributed by atoms with Gasteiger partial charge in [-0.15, -0.1) is 0 Å².